The highest BCUT2D eigenvalue weighted by Gasteiger charge is 2.12. The van der Waals surface area contributed by atoms with Gasteiger partial charge in [0, 0.05) is 12.2 Å². The lowest BCUT2D eigenvalue weighted by atomic mass is 10.1. The van der Waals surface area contributed by atoms with Crippen LogP contribution in [0, 0.1) is 0 Å². The molecule has 0 aromatic heterocycles. The highest BCUT2D eigenvalue weighted by Crippen LogP contribution is 2.26. The second-order valence-electron chi connectivity index (χ2n) is 5.84. The summed E-state index contributed by atoms with van der Waals surface area (Å²) in [7, 11) is 1.29. The lowest BCUT2D eigenvalue weighted by Crippen LogP contribution is -2.16. The number of rotatable bonds is 6. The van der Waals surface area contributed by atoms with E-state index in [2.05, 4.69) is 27.3 Å². The van der Waals surface area contributed by atoms with Crippen molar-refractivity contribution in [2.45, 2.75) is 52.2 Å². The van der Waals surface area contributed by atoms with Gasteiger partial charge in [-0.05, 0) is 30.5 Å². The Kier molecular flexibility index (Phi) is 9.05. The number of thioether (sulfide) groups is 1. The number of anilines is 2. The number of aryl methyl sites for hydroxylation is 1. The number of hydrogen-bond donors (Lipinski definition) is 2. The lowest BCUT2D eigenvalue weighted by Gasteiger charge is -2.16. The van der Waals surface area contributed by atoms with E-state index in [0.29, 0.717) is 16.5 Å². The molecule has 1 rings (SSSR count). The predicted molar refractivity (Wildman–Crippen MR) is 106 cm³/mol. The maximum atomic E-state index is 11.5. The summed E-state index contributed by atoms with van der Waals surface area (Å²) in [5.74, 6) is -0.160. The van der Waals surface area contributed by atoms with Crippen LogP contribution in [0.1, 0.15) is 46.1 Å². The van der Waals surface area contributed by atoms with Crippen LogP contribution >= 0.6 is 11.8 Å². The minimum absolute atomic E-state index is 0.160. The molecule has 25 heavy (non-hydrogen) atoms. The molecule has 2 N–H and O–H groups in total. The maximum Gasteiger partial charge on any atom is 0.435 e. The summed E-state index contributed by atoms with van der Waals surface area (Å²) in [5.41, 5.74) is 2.51. The molecule has 6 nitrogen and oxygen atoms in total. The Morgan fingerprint density at radius 3 is 2.52 bits per heavy atom. The number of carbonyl (C=O) groups is 2. The topological polar surface area (TPSA) is 79.8 Å². The van der Waals surface area contributed by atoms with E-state index in [1.54, 1.807) is 0 Å². The molecule has 138 valence electrons. The molecule has 7 heteroatoms. The van der Waals surface area contributed by atoms with Gasteiger partial charge in [0.25, 0.3) is 0 Å². The van der Waals surface area contributed by atoms with Crippen LogP contribution in [0.4, 0.5) is 16.2 Å². The van der Waals surface area contributed by atoms with Crippen molar-refractivity contribution in [2.24, 2.45) is 4.99 Å². The van der Waals surface area contributed by atoms with Crippen molar-refractivity contribution in [2.75, 3.05) is 17.7 Å². The van der Waals surface area contributed by atoms with Gasteiger partial charge < -0.3 is 15.4 Å². The first kappa shape index (κ1) is 21.0. The van der Waals surface area contributed by atoms with E-state index in [0.717, 1.165) is 24.8 Å². The zero-order chi connectivity index (χ0) is 18.8. The van der Waals surface area contributed by atoms with E-state index in [1.807, 2.05) is 32.0 Å². The average Bonchev–Trinajstić information content (AvgIpc) is 2.53. The molecule has 1 aromatic rings. The number of carbonyl (C=O) groups excluding carboxylic acids is 2. The second-order valence-corrected chi connectivity index (χ2v) is 7.41. The quantitative estimate of drug-likeness (QED) is 0.566. The van der Waals surface area contributed by atoms with Crippen LogP contribution in [0.2, 0.25) is 0 Å². The summed E-state index contributed by atoms with van der Waals surface area (Å²) >= 11 is 1.41. The fourth-order valence-electron chi connectivity index (χ4n) is 2.08. The standard InChI is InChI=1S/C18H27N3O3S/c1-6-7-8-14-9-10-15(19-13(4)22)16(11-14)20-17(25-12(2)3)21-18(23)24-5/h9-12H,6-8H2,1-5H3,(H,19,22)(H,20,21,23). The second kappa shape index (κ2) is 10.8. The average molecular weight is 365 g/mol. The Morgan fingerprint density at radius 2 is 1.96 bits per heavy atom. The third-order valence-electron chi connectivity index (χ3n) is 3.17. The van der Waals surface area contributed by atoms with Gasteiger partial charge in [0.15, 0.2) is 5.17 Å². The molecule has 0 heterocycles. The van der Waals surface area contributed by atoms with Crippen molar-refractivity contribution in [3.05, 3.63) is 23.8 Å². The van der Waals surface area contributed by atoms with E-state index in [4.69, 9.17) is 0 Å². The number of aliphatic imine (C=N–C) groups is 1. The molecule has 2 amide bonds. The summed E-state index contributed by atoms with van der Waals surface area (Å²) in [5, 5.41) is 6.62. The van der Waals surface area contributed by atoms with Gasteiger partial charge in [0.1, 0.15) is 0 Å². The van der Waals surface area contributed by atoms with Crippen molar-refractivity contribution in [3.63, 3.8) is 0 Å². The van der Waals surface area contributed by atoms with Crippen molar-refractivity contribution < 1.29 is 14.3 Å². The van der Waals surface area contributed by atoms with Crippen LogP contribution in [0.25, 0.3) is 0 Å². The van der Waals surface area contributed by atoms with Crippen LogP contribution in [0.15, 0.2) is 23.2 Å². The van der Waals surface area contributed by atoms with E-state index >= 15 is 0 Å². The van der Waals surface area contributed by atoms with E-state index in [9.17, 15) is 9.59 Å². The van der Waals surface area contributed by atoms with E-state index in [-0.39, 0.29) is 11.2 Å². The third-order valence-corrected chi connectivity index (χ3v) is 4.06. The van der Waals surface area contributed by atoms with E-state index in [1.165, 1.54) is 25.8 Å². The minimum Gasteiger partial charge on any atom is -0.451 e. The Morgan fingerprint density at radius 1 is 1.24 bits per heavy atom. The number of nitrogens with one attached hydrogen (secondary N) is 2. The zero-order valence-electron chi connectivity index (χ0n) is 15.5. The number of benzene rings is 1. The Balaban J connectivity index is 3.16. The first-order chi connectivity index (χ1) is 11.8. The van der Waals surface area contributed by atoms with Gasteiger partial charge in [-0.3, -0.25) is 4.79 Å². The summed E-state index contributed by atoms with van der Waals surface area (Å²) in [4.78, 5) is 26.9. The van der Waals surface area contributed by atoms with Gasteiger partial charge in [-0.15, -0.1) is 0 Å². The van der Waals surface area contributed by atoms with E-state index < -0.39 is 6.09 Å². The smallest absolute Gasteiger partial charge is 0.435 e. The summed E-state index contributed by atoms with van der Waals surface area (Å²) in [6.07, 6.45) is 2.47. The van der Waals surface area contributed by atoms with Crippen molar-refractivity contribution in [1.29, 1.82) is 0 Å². The molecular formula is C18H27N3O3S. The van der Waals surface area contributed by atoms with Gasteiger partial charge in [0.2, 0.25) is 5.91 Å². The number of amides is 2. The fourth-order valence-corrected chi connectivity index (χ4v) is 2.82. The molecule has 0 radical (unpaired) electrons. The van der Waals surface area contributed by atoms with Gasteiger partial charge >= 0.3 is 6.09 Å². The first-order valence-electron chi connectivity index (χ1n) is 8.36. The number of nitrogens with zero attached hydrogens (tertiary/aromatic N) is 1. The van der Waals surface area contributed by atoms with Crippen molar-refractivity contribution in [1.82, 2.24) is 0 Å². The Bertz CT molecular complexity index is 630. The summed E-state index contributed by atoms with van der Waals surface area (Å²) in [6, 6.07) is 5.85. The maximum absolute atomic E-state index is 11.5. The zero-order valence-corrected chi connectivity index (χ0v) is 16.3. The lowest BCUT2D eigenvalue weighted by molar-refractivity contribution is -0.114. The normalized spacial score (nSPS) is 11.4. The minimum atomic E-state index is -0.668. The molecule has 0 aliphatic carbocycles. The third kappa shape index (κ3) is 8.07. The number of amidine groups is 1. The highest BCUT2D eigenvalue weighted by atomic mass is 32.2. The molecule has 1 aromatic carbocycles. The van der Waals surface area contributed by atoms with Gasteiger partial charge in [-0.1, -0.05) is 45.0 Å². The molecule has 0 aliphatic heterocycles. The fraction of sp³-hybridized carbons (Fsp3) is 0.500. The van der Waals surface area contributed by atoms with Crippen molar-refractivity contribution >= 4 is 40.3 Å². The number of hydrogen-bond acceptors (Lipinski definition) is 4. The van der Waals surface area contributed by atoms with Crippen LogP contribution in [0.3, 0.4) is 0 Å². The molecule has 0 saturated heterocycles. The molecule has 0 unspecified atom stereocenters. The van der Waals surface area contributed by atoms with Crippen LogP contribution in [-0.2, 0) is 16.0 Å². The molecule has 0 spiro atoms. The number of methoxy groups -OCH3 is 1. The Hall–Kier alpha value is -2.02. The first-order valence-corrected chi connectivity index (χ1v) is 9.24. The van der Waals surface area contributed by atoms with Gasteiger partial charge in [-0.2, -0.15) is 4.99 Å². The Labute approximate surface area is 153 Å². The number of ether oxygens (including phenoxy) is 1. The largest absolute Gasteiger partial charge is 0.451 e. The molecule has 0 aliphatic rings. The monoisotopic (exact) mass is 365 g/mol. The molecule has 0 saturated carbocycles. The van der Waals surface area contributed by atoms with Crippen LogP contribution in [-0.4, -0.2) is 29.5 Å². The molecule has 0 bridgehead atoms. The van der Waals surface area contributed by atoms with Gasteiger partial charge in [-0.25, -0.2) is 4.79 Å². The summed E-state index contributed by atoms with van der Waals surface area (Å²) < 4.78 is 4.62. The predicted octanol–water partition coefficient (Wildman–Crippen LogP) is 4.66. The number of unbranched alkanes of at least 4 members (excludes halogenated alkanes) is 1. The molecule has 0 atom stereocenters. The molecule has 0 fully saturated rings. The van der Waals surface area contributed by atoms with Crippen molar-refractivity contribution in [3.8, 4) is 0 Å². The SMILES string of the molecule is CCCCc1ccc(NC(C)=O)c(N/C(=N/C(=O)OC)SC(C)C)c1. The van der Waals surface area contributed by atoms with Gasteiger partial charge in [0.05, 0.1) is 18.5 Å². The highest BCUT2D eigenvalue weighted by molar-refractivity contribution is 8.14. The summed E-state index contributed by atoms with van der Waals surface area (Å²) in [6.45, 7) is 7.61. The van der Waals surface area contributed by atoms with Crippen LogP contribution in [0.5, 0.6) is 0 Å². The molecular weight excluding hydrogens is 338 g/mol. The van der Waals surface area contributed by atoms with Crippen LogP contribution < -0.4 is 10.6 Å².